The standard InChI is InChI=1S/C25H27ClF3N3O5/c1-23(28,29)14-37-21-5-2-15(12-30-21)22(35)32-24-6-8-25(9-7-24,19(33)11-24)31-20(34)13-36-16-3-4-17(26)18(27)10-16/h2-5,10,12,19,33H,6-9,11,13-14H2,1H3,(H,31,34)(H,32,35). The number of aliphatic hydroxyl groups excluding tert-OH is 1. The molecule has 3 saturated carbocycles. The number of hydrogen-bond acceptors (Lipinski definition) is 6. The number of rotatable bonds is 9. The number of amides is 2. The number of carbonyl (C=O) groups is 2. The summed E-state index contributed by atoms with van der Waals surface area (Å²) in [5.41, 5.74) is -1.27. The van der Waals surface area contributed by atoms with Crippen molar-refractivity contribution >= 4 is 23.4 Å². The van der Waals surface area contributed by atoms with E-state index in [9.17, 15) is 27.9 Å². The zero-order valence-corrected chi connectivity index (χ0v) is 20.8. The van der Waals surface area contributed by atoms with Gasteiger partial charge in [0.25, 0.3) is 17.7 Å². The van der Waals surface area contributed by atoms with Gasteiger partial charge in [-0.2, -0.15) is 0 Å². The summed E-state index contributed by atoms with van der Waals surface area (Å²) in [5, 5.41) is 16.7. The molecule has 1 heterocycles. The summed E-state index contributed by atoms with van der Waals surface area (Å²) >= 11 is 5.64. The maximum absolute atomic E-state index is 13.6. The molecule has 0 saturated heterocycles. The van der Waals surface area contributed by atoms with Gasteiger partial charge in [-0.3, -0.25) is 9.59 Å². The Morgan fingerprint density at radius 3 is 2.49 bits per heavy atom. The second-order valence-electron chi connectivity index (χ2n) is 9.77. The fourth-order valence-electron chi connectivity index (χ4n) is 4.80. The smallest absolute Gasteiger partial charge is 0.278 e. The lowest BCUT2D eigenvalue weighted by atomic mass is 9.60. The second-order valence-corrected chi connectivity index (χ2v) is 10.2. The number of ether oxygens (including phenoxy) is 2. The van der Waals surface area contributed by atoms with Crippen molar-refractivity contribution in [1.29, 1.82) is 0 Å². The number of aliphatic hydroxyl groups is 1. The van der Waals surface area contributed by atoms with Crippen LogP contribution in [0.3, 0.4) is 0 Å². The molecule has 200 valence electrons. The summed E-state index contributed by atoms with van der Waals surface area (Å²) in [7, 11) is 0. The quantitative estimate of drug-likeness (QED) is 0.447. The lowest BCUT2D eigenvalue weighted by molar-refractivity contribution is -0.132. The molecule has 0 radical (unpaired) electrons. The van der Waals surface area contributed by atoms with Gasteiger partial charge in [0.1, 0.15) is 11.6 Å². The van der Waals surface area contributed by atoms with Crippen LogP contribution < -0.4 is 20.1 Å². The Hall–Kier alpha value is -3.05. The maximum atomic E-state index is 13.6. The van der Waals surface area contributed by atoms with Crippen LogP contribution in [0.25, 0.3) is 0 Å². The van der Waals surface area contributed by atoms with Crippen LogP contribution in [0.15, 0.2) is 36.5 Å². The molecule has 0 aliphatic heterocycles. The van der Waals surface area contributed by atoms with Crippen molar-refractivity contribution < 1.29 is 37.3 Å². The molecule has 3 aliphatic rings. The van der Waals surface area contributed by atoms with Crippen molar-refractivity contribution in [2.24, 2.45) is 0 Å². The molecule has 3 N–H and O–H groups in total. The predicted octanol–water partition coefficient (Wildman–Crippen LogP) is 3.65. The van der Waals surface area contributed by atoms with E-state index in [1.807, 2.05) is 0 Å². The molecule has 3 fully saturated rings. The highest BCUT2D eigenvalue weighted by atomic mass is 35.5. The third-order valence-electron chi connectivity index (χ3n) is 6.82. The van der Waals surface area contributed by atoms with E-state index < -0.39 is 47.3 Å². The van der Waals surface area contributed by atoms with E-state index in [0.29, 0.717) is 25.7 Å². The van der Waals surface area contributed by atoms with Crippen LogP contribution in [0, 0.1) is 5.82 Å². The number of benzene rings is 1. The summed E-state index contributed by atoms with van der Waals surface area (Å²) in [6.45, 7) is -0.453. The van der Waals surface area contributed by atoms with E-state index in [2.05, 4.69) is 15.6 Å². The Morgan fingerprint density at radius 2 is 1.89 bits per heavy atom. The zero-order valence-electron chi connectivity index (χ0n) is 20.0. The van der Waals surface area contributed by atoms with Crippen LogP contribution in [0.2, 0.25) is 5.02 Å². The van der Waals surface area contributed by atoms with Crippen molar-refractivity contribution in [2.75, 3.05) is 13.2 Å². The van der Waals surface area contributed by atoms with E-state index in [0.717, 1.165) is 13.0 Å². The normalized spacial score (nSPS) is 24.9. The SMILES string of the molecule is CC(F)(F)COc1ccc(C(=O)NC23CCC(NC(=O)COc4ccc(Cl)c(F)c4)(CC2)C(O)C3)cn1. The molecule has 2 aromatic rings. The Balaban J connectivity index is 1.30. The number of fused-ring (bicyclic) bond motifs is 3. The first-order valence-electron chi connectivity index (χ1n) is 11.7. The number of aromatic nitrogens is 1. The van der Waals surface area contributed by atoms with Crippen molar-refractivity contribution in [1.82, 2.24) is 15.6 Å². The summed E-state index contributed by atoms with van der Waals surface area (Å²) < 4.78 is 49.7. The molecule has 5 rings (SSSR count). The molecule has 2 amide bonds. The largest absolute Gasteiger partial charge is 0.484 e. The number of carbonyl (C=O) groups excluding carboxylic acids is 2. The van der Waals surface area contributed by atoms with E-state index >= 15 is 0 Å². The Kier molecular flexibility index (Phi) is 7.57. The molecule has 37 heavy (non-hydrogen) atoms. The zero-order chi connectivity index (χ0) is 26.8. The Labute approximate surface area is 216 Å². The first-order chi connectivity index (χ1) is 17.4. The summed E-state index contributed by atoms with van der Waals surface area (Å²) in [5.74, 6) is -4.39. The Bertz CT molecular complexity index is 1150. The van der Waals surface area contributed by atoms with E-state index in [1.54, 1.807) is 0 Å². The van der Waals surface area contributed by atoms with Gasteiger partial charge in [-0.05, 0) is 50.3 Å². The third-order valence-corrected chi connectivity index (χ3v) is 7.13. The molecule has 8 nitrogen and oxygen atoms in total. The number of halogens is 4. The number of nitrogens with zero attached hydrogens (tertiary/aromatic N) is 1. The van der Waals surface area contributed by atoms with E-state index in [-0.39, 0.29) is 35.2 Å². The predicted molar refractivity (Wildman–Crippen MR) is 127 cm³/mol. The second kappa shape index (κ2) is 10.4. The maximum Gasteiger partial charge on any atom is 0.278 e. The van der Waals surface area contributed by atoms with Crippen molar-refractivity contribution in [3.05, 3.63) is 52.9 Å². The van der Waals surface area contributed by atoms with Crippen LogP contribution in [-0.2, 0) is 4.79 Å². The molecule has 1 unspecified atom stereocenters. The van der Waals surface area contributed by atoms with Gasteiger partial charge in [0.05, 0.1) is 22.2 Å². The molecule has 3 aliphatic carbocycles. The van der Waals surface area contributed by atoms with Crippen molar-refractivity contribution in [2.45, 2.75) is 62.1 Å². The summed E-state index contributed by atoms with van der Waals surface area (Å²) in [6.07, 6.45) is 2.50. The van der Waals surface area contributed by atoms with Crippen LogP contribution >= 0.6 is 11.6 Å². The molecule has 2 bridgehead atoms. The minimum Gasteiger partial charge on any atom is -0.484 e. The number of nitrogens with one attached hydrogen (secondary N) is 2. The van der Waals surface area contributed by atoms with Crippen molar-refractivity contribution in [3.63, 3.8) is 0 Å². The van der Waals surface area contributed by atoms with Gasteiger partial charge in [-0.15, -0.1) is 0 Å². The summed E-state index contributed by atoms with van der Waals surface area (Å²) in [4.78, 5) is 29.3. The van der Waals surface area contributed by atoms with Gasteiger partial charge in [-0.1, -0.05) is 11.6 Å². The van der Waals surface area contributed by atoms with Gasteiger partial charge in [0.15, 0.2) is 13.2 Å². The average molecular weight is 542 g/mol. The Morgan fingerprint density at radius 1 is 1.16 bits per heavy atom. The highest BCUT2D eigenvalue weighted by molar-refractivity contribution is 6.30. The molecular weight excluding hydrogens is 515 g/mol. The topological polar surface area (TPSA) is 110 Å². The number of alkyl halides is 2. The highest BCUT2D eigenvalue weighted by Gasteiger charge is 2.55. The first kappa shape index (κ1) is 27.0. The van der Waals surface area contributed by atoms with Gasteiger partial charge in [0.2, 0.25) is 5.88 Å². The molecule has 1 aromatic heterocycles. The van der Waals surface area contributed by atoms with E-state index in [4.69, 9.17) is 21.1 Å². The number of hydrogen-bond donors (Lipinski definition) is 3. The third kappa shape index (κ3) is 6.45. The minimum atomic E-state index is -3.00. The summed E-state index contributed by atoms with van der Waals surface area (Å²) in [6, 6.07) is 6.64. The molecule has 1 atom stereocenters. The monoisotopic (exact) mass is 541 g/mol. The highest BCUT2D eigenvalue weighted by Crippen LogP contribution is 2.47. The fourth-order valence-corrected chi connectivity index (χ4v) is 4.92. The van der Waals surface area contributed by atoms with Crippen LogP contribution in [0.4, 0.5) is 13.2 Å². The minimum absolute atomic E-state index is 0.0207. The molecule has 12 heteroatoms. The number of pyridine rings is 1. The lowest BCUT2D eigenvalue weighted by Gasteiger charge is -2.56. The van der Waals surface area contributed by atoms with Gasteiger partial charge in [-0.25, -0.2) is 18.2 Å². The first-order valence-corrected chi connectivity index (χ1v) is 12.1. The molecule has 1 aromatic carbocycles. The molecule has 0 spiro atoms. The van der Waals surface area contributed by atoms with Crippen LogP contribution in [0.5, 0.6) is 11.6 Å². The van der Waals surface area contributed by atoms with Gasteiger partial charge >= 0.3 is 0 Å². The fraction of sp³-hybridized carbons (Fsp3) is 0.480. The molecular formula is C25H27ClF3N3O5. The van der Waals surface area contributed by atoms with E-state index in [1.165, 1.54) is 30.5 Å². The van der Waals surface area contributed by atoms with Gasteiger partial charge < -0.3 is 25.2 Å². The average Bonchev–Trinajstić information content (AvgIpc) is 2.84. The lowest BCUT2D eigenvalue weighted by Crippen LogP contribution is -2.70. The van der Waals surface area contributed by atoms with Crippen LogP contribution in [-0.4, -0.2) is 58.2 Å². The van der Waals surface area contributed by atoms with Gasteiger partial charge in [0, 0.05) is 30.8 Å². The van der Waals surface area contributed by atoms with Crippen molar-refractivity contribution in [3.8, 4) is 11.6 Å². The van der Waals surface area contributed by atoms with Crippen LogP contribution in [0.1, 0.15) is 49.4 Å².